The van der Waals surface area contributed by atoms with Crippen molar-refractivity contribution in [2.75, 3.05) is 12.4 Å². The number of carbonyl (C=O) groups excluding carboxylic acids is 2. The van der Waals surface area contributed by atoms with E-state index in [0.717, 1.165) is 24.0 Å². The third-order valence-corrected chi connectivity index (χ3v) is 4.19. The van der Waals surface area contributed by atoms with Gasteiger partial charge >= 0.3 is 6.03 Å². The molecule has 3 rings (SSSR count). The van der Waals surface area contributed by atoms with Crippen LogP contribution in [0.1, 0.15) is 40.2 Å². The lowest BCUT2D eigenvalue weighted by Gasteiger charge is -2.13. The van der Waals surface area contributed by atoms with Gasteiger partial charge in [-0.1, -0.05) is 18.2 Å². The summed E-state index contributed by atoms with van der Waals surface area (Å²) in [5.74, 6) is -1.09. The zero-order valence-corrected chi connectivity index (χ0v) is 14.1. The highest BCUT2D eigenvalue weighted by Crippen LogP contribution is 2.42. The second kappa shape index (κ2) is 6.93. The lowest BCUT2D eigenvalue weighted by Crippen LogP contribution is -2.35. The van der Waals surface area contributed by atoms with Gasteiger partial charge in [-0.25, -0.2) is 9.18 Å². The Bertz CT molecular complexity index is 831. The van der Waals surface area contributed by atoms with Crippen molar-refractivity contribution in [3.05, 3.63) is 58.9 Å². The molecule has 2 aromatic carbocycles. The van der Waals surface area contributed by atoms with E-state index in [1.807, 2.05) is 19.1 Å². The number of imide groups is 1. The molecule has 5 nitrogen and oxygen atoms in total. The highest BCUT2D eigenvalue weighted by atomic mass is 19.1. The second-order valence-electron chi connectivity index (χ2n) is 6.08. The number of nitrogens with one attached hydrogen (secondary N) is 2. The number of anilines is 1. The summed E-state index contributed by atoms with van der Waals surface area (Å²) in [5, 5.41) is 4.72. The second-order valence-corrected chi connectivity index (χ2v) is 6.08. The van der Waals surface area contributed by atoms with Crippen molar-refractivity contribution < 1.29 is 18.7 Å². The smallest absolute Gasteiger partial charge is 0.326 e. The molecule has 3 amide bonds. The van der Waals surface area contributed by atoms with E-state index in [1.54, 1.807) is 18.2 Å². The van der Waals surface area contributed by atoms with E-state index < -0.39 is 17.8 Å². The summed E-state index contributed by atoms with van der Waals surface area (Å²) in [6.45, 7) is 1.83. The molecule has 1 aliphatic carbocycles. The molecular weight excluding hydrogens is 323 g/mol. The number of rotatable bonds is 4. The molecule has 0 atom stereocenters. The van der Waals surface area contributed by atoms with Crippen LogP contribution in [0.4, 0.5) is 14.9 Å². The third kappa shape index (κ3) is 3.79. The molecule has 1 aliphatic rings. The zero-order valence-electron chi connectivity index (χ0n) is 14.1. The van der Waals surface area contributed by atoms with Crippen LogP contribution in [0.2, 0.25) is 0 Å². The topological polar surface area (TPSA) is 67.4 Å². The molecule has 1 saturated carbocycles. The van der Waals surface area contributed by atoms with E-state index in [0.29, 0.717) is 11.6 Å². The van der Waals surface area contributed by atoms with Crippen molar-refractivity contribution in [2.24, 2.45) is 0 Å². The van der Waals surface area contributed by atoms with Crippen molar-refractivity contribution in [1.29, 1.82) is 0 Å². The Morgan fingerprint density at radius 1 is 1.20 bits per heavy atom. The van der Waals surface area contributed by atoms with E-state index in [-0.39, 0.29) is 11.3 Å². The summed E-state index contributed by atoms with van der Waals surface area (Å²) >= 11 is 0. The standard InChI is InChI=1S/C19H19FN2O3/c1-11-5-3-4-6-15(11)21-19(24)22-18(23)17-14(20)9-13(12-7-8-12)10-16(17)25-2/h3-6,9-10,12H,7-8H2,1-2H3,(H2,21,22,23,24). The number of methoxy groups -OCH3 is 1. The number of halogens is 1. The van der Waals surface area contributed by atoms with Crippen molar-refractivity contribution in [1.82, 2.24) is 5.32 Å². The van der Waals surface area contributed by atoms with Gasteiger partial charge in [-0.3, -0.25) is 10.1 Å². The van der Waals surface area contributed by atoms with Crippen molar-refractivity contribution in [2.45, 2.75) is 25.7 Å². The first-order chi connectivity index (χ1) is 12.0. The van der Waals surface area contributed by atoms with Gasteiger partial charge in [0, 0.05) is 5.69 Å². The molecule has 1 fully saturated rings. The molecule has 130 valence electrons. The Morgan fingerprint density at radius 3 is 2.56 bits per heavy atom. The average Bonchev–Trinajstić information content (AvgIpc) is 3.40. The van der Waals surface area contributed by atoms with Gasteiger partial charge < -0.3 is 10.1 Å². The molecular formula is C19H19FN2O3. The molecule has 0 bridgehead atoms. The molecule has 0 saturated heterocycles. The number of para-hydroxylation sites is 1. The maximum Gasteiger partial charge on any atom is 0.326 e. The molecule has 0 spiro atoms. The Hall–Kier alpha value is -2.89. The van der Waals surface area contributed by atoms with E-state index >= 15 is 0 Å². The van der Waals surface area contributed by atoms with Crippen LogP contribution in [0, 0.1) is 12.7 Å². The molecule has 0 aromatic heterocycles. The number of ether oxygens (including phenoxy) is 1. The molecule has 2 aromatic rings. The summed E-state index contributed by atoms with van der Waals surface area (Å²) in [4.78, 5) is 24.4. The number of carbonyl (C=O) groups is 2. The first-order valence-corrected chi connectivity index (χ1v) is 8.05. The quantitative estimate of drug-likeness (QED) is 0.883. The molecule has 6 heteroatoms. The van der Waals surface area contributed by atoms with Gasteiger partial charge in [-0.2, -0.15) is 0 Å². The Balaban J connectivity index is 1.76. The molecule has 2 N–H and O–H groups in total. The first kappa shape index (κ1) is 17.0. The van der Waals surface area contributed by atoms with Crippen molar-refractivity contribution in [3.63, 3.8) is 0 Å². The van der Waals surface area contributed by atoms with Crippen LogP contribution in [0.5, 0.6) is 5.75 Å². The highest BCUT2D eigenvalue weighted by Gasteiger charge is 2.28. The van der Waals surface area contributed by atoms with Crippen molar-refractivity contribution in [3.8, 4) is 5.75 Å². The number of benzene rings is 2. The largest absolute Gasteiger partial charge is 0.496 e. The van der Waals surface area contributed by atoms with Gasteiger partial charge in [0.15, 0.2) is 0 Å². The number of hydrogen-bond donors (Lipinski definition) is 2. The van der Waals surface area contributed by atoms with Crippen LogP contribution in [-0.4, -0.2) is 19.0 Å². The van der Waals surface area contributed by atoms with Crippen LogP contribution in [0.15, 0.2) is 36.4 Å². The van der Waals surface area contributed by atoms with Crippen LogP contribution < -0.4 is 15.4 Å². The minimum Gasteiger partial charge on any atom is -0.496 e. The van der Waals surface area contributed by atoms with E-state index in [1.165, 1.54) is 13.2 Å². The lowest BCUT2D eigenvalue weighted by molar-refractivity contribution is 0.0960. The summed E-state index contributed by atoms with van der Waals surface area (Å²) in [6, 6.07) is 9.42. The minimum atomic E-state index is -0.845. The van der Waals surface area contributed by atoms with Crippen LogP contribution in [0.3, 0.4) is 0 Å². The number of urea groups is 1. The van der Waals surface area contributed by atoms with Gasteiger partial charge in [0.05, 0.1) is 7.11 Å². The summed E-state index contributed by atoms with van der Waals surface area (Å²) in [6.07, 6.45) is 2.01. The van der Waals surface area contributed by atoms with E-state index in [2.05, 4.69) is 10.6 Å². The third-order valence-electron chi connectivity index (χ3n) is 4.19. The Kier molecular flexibility index (Phi) is 4.70. The van der Waals surface area contributed by atoms with Crippen LogP contribution in [0.25, 0.3) is 0 Å². The molecule has 0 radical (unpaired) electrons. The summed E-state index contributed by atoms with van der Waals surface area (Å²) < 4.78 is 19.6. The molecule has 0 unspecified atom stereocenters. The summed E-state index contributed by atoms with van der Waals surface area (Å²) in [7, 11) is 1.37. The highest BCUT2D eigenvalue weighted by molar-refractivity contribution is 6.09. The van der Waals surface area contributed by atoms with E-state index in [4.69, 9.17) is 4.74 Å². The molecule has 0 heterocycles. The van der Waals surface area contributed by atoms with Gasteiger partial charge in [-0.15, -0.1) is 0 Å². The van der Waals surface area contributed by atoms with E-state index in [9.17, 15) is 14.0 Å². The predicted molar refractivity (Wildman–Crippen MR) is 92.6 cm³/mol. The summed E-state index contributed by atoms with van der Waals surface area (Å²) in [5.41, 5.74) is 1.97. The maximum absolute atomic E-state index is 14.4. The lowest BCUT2D eigenvalue weighted by atomic mass is 10.1. The van der Waals surface area contributed by atoms with Gasteiger partial charge in [0.2, 0.25) is 0 Å². The zero-order chi connectivity index (χ0) is 18.0. The number of amides is 3. The Morgan fingerprint density at radius 2 is 1.92 bits per heavy atom. The Labute approximate surface area is 145 Å². The predicted octanol–water partition coefficient (Wildman–Crippen LogP) is 3.98. The SMILES string of the molecule is COc1cc(C2CC2)cc(F)c1C(=O)NC(=O)Nc1ccccc1C. The fourth-order valence-electron chi connectivity index (χ4n) is 2.67. The molecule has 0 aliphatic heterocycles. The van der Waals surface area contributed by atoms with Gasteiger partial charge in [-0.05, 0) is 55.0 Å². The number of hydrogen-bond acceptors (Lipinski definition) is 3. The normalized spacial score (nSPS) is 13.2. The van der Waals surface area contributed by atoms with Gasteiger partial charge in [0.1, 0.15) is 17.1 Å². The molecule has 25 heavy (non-hydrogen) atoms. The number of aryl methyl sites for hydroxylation is 1. The van der Waals surface area contributed by atoms with Crippen LogP contribution >= 0.6 is 0 Å². The fraction of sp³-hybridized carbons (Fsp3) is 0.263. The fourth-order valence-corrected chi connectivity index (χ4v) is 2.67. The van der Waals surface area contributed by atoms with Crippen molar-refractivity contribution >= 4 is 17.6 Å². The first-order valence-electron chi connectivity index (χ1n) is 8.05. The van der Waals surface area contributed by atoms with Crippen LogP contribution in [-0.2, 0) is 0 Å². The monoisotopic (exact) mass is 342 g/mol. The average molecular weight is 342 g/mol. The minimum absolute atomic E-state index is 0.128. The maximum atomic E-state index is 14.4. The van der Waals surface area contributed by atoms with Gasteiger partial charge in [0.25, 0.3) is 5.91 Å².